The summed E-state index contributed by atoms with van der Waals surface area (Å²) in [4.78, 5) is 17.0. The molecule has 0 saturated heterocycles. The molecule has 1 heterocycles. The third-order valence-electron chi connectivity index (χ3n) is 2.98. The standard InChI is InChI=1S/C16H16N2O3S/c1-5-8-17-15(19)14-10(2)18-16(22-14)11-6-7-12(20-3)13(9-11)21-4/h1,6-7,9H,8H2,2-4H3,(H,17,19). The van der Waals surface area contributed by atoms with Crippen LogP contribution in [-0.2, 0) is 0 Å². The summed E-state index contributed by atoms with van der Waals surface area (Å²) < 4.78 is 10.5. The zero-order valence-corrected chi connectivity index (χ0v) is 13.4. The van der Waals surface area contributed by atoms with Gasteiger partial charge in [0.25, 0.3) is 5.91 Å². The second-order valence-corrected chi connectivity index (χ2v) is 5.39. The minimum atomic E-state index is -0.209. The lowest BCUT2D eigenvalue weighted by molar-refractivity contribution is 0.0962. The molecule has 0 spiro atoms. The molecule has 0 saturated carbocycles. The second kappa shape index (κ2) is 6.96. The number of hydrogen-bond acceptors (Lipinski definition) is 5. The largest absolute Gasteiger partial charge is 0.493 e. The Kier molecular flexibility index (Phi) is 5.02. The maximum absolute atomic E-state index is 12.0. The number of nitrogens with one attached hydrogen (secondary N) is 1. The van der Waals surface area contributed by atoms with Crippen molar-refractivity contribution in [3.05, 3.63) is 28.8 Å². The first-order chi connectivity index (χ1) is 10.6. The molecule has 22 heavy (non-hydrogen) atoms. The molecule has 0 aliphatic heterocycles. The molecule has 0 bridgehead atoms. The first kappa shape index (κ1) is 15.9. The molecule has 0 fully saturated rings. The van der Waals surface area contributed by atoms with Gasteiger partial charge in [0, 0.05) is 5.56 Å². The summed E-state index contributed by atoms with van der Waals surface area (Å²) in [6, 6.07) is 5.52. The van der Waals surface area contributed by atoms with Crippen molar-refractivity contribution in [3.8, 4) is 34.4 Å². The molecule has 0 unspecified atom stereocenters. The minimum Gasteiger partial charge on any atom is -0.493 e. The van der Waals surface area contributed by atoms with Crippen LogP contribution in [0.3, 0.4) is 0 Å². The van der Waals surface area contributed by atoms with Gasteiger partial charge in [-0.1, -0.05) is 5.92 Å². The zero-order chi connectivity index (χ0) is 16.1. The van der Waals surface area contributed by atoms with Gasteiger partial charge in [-0.25, -0.2) is 4.98 Å². The minimum absolute atomic E-state index is 0.196. The van der Waals surface area contributed by atoms with Crippen LogP contribution in [0, 0.1) is 19.3 Å². The van der Waals surface area contributed by atoms with Crippen LogP contribution in [0.1, 0.15) is 15.4 Å². The molecule has 0 aliphatic carbocycles. The molecule has 6 heteroatoms. The summed E-state index contributed by atoms with van der Waals surface area (Å²) in [5.41, 5.74) is 1.53. The Balaban J connectivity index is 2.34. The SMILES string of the molecule is C#CCNC(=O)c1sc(-c2ccc(OC)c(OC)c2)nc1C. The molecule has 1 amide bonds. The van der Waals surface area contributed by atoms with Crippen molar-refractivity contribution in [2.45, 2.75) is 6.92 Å². The maximum atomic E-state index is 12.0. The molecule has 0 radical (unpaired) electrons. The number of methoxy groups -OCH3 is 2. The van der Waals surface area contributed by atoms with Crippen LogP contribution in [0.4, 0.5) is 0 Å². The Hall–Kier alpha value is -2.52. The fourth-order valence-corrected chi connectivity index (χ4v) is 2.89. The highest BCUT2D eigenvalue weighted by atomic mass is 32.1. The van der Waals surface area contributed by atoms with Crippen LogP contribution < -0.4 is 14.8 Å². The van der Waals surface area contributed by atoms with E-state index in [0.29, 0.717) is 22.1 Å². The molecule has 5 nitrogen and oxygen atoms in total. The van der Waals surface area contributed by atoms with E-state index in [1.54, 1.807) is 21.1 Å². The average Bonchev–Trinajstić information content (AvgIpc) is 2.93. The summed E-state index contributed by atoms with van der Waals surface area (Å²) in [6.07, 6.45) is 5.15. The van der Waals surface area contributed by atoms with Gasteiger partial charge >= 0.3 is 0 Å². The lowest BCUT2D eigenvalue weighted by atomic mass is 10.2. The number of rotatable bonds is 5. The number of hydrogen-bond donors (Lipinski definition) is 1. The molecule has 114 valence electrons. The number of thiazole rings is 1. The molecular formula is C16H16N2O3S. The van der Waals surface area contributed by atoms with E-state index in [0.717, 1.165) is 10.6 Å². The van der Waals surface area contributed by atoms with Gasteiger partial charge in [0.1, 0.15) is 9.88 Å². The van der Waals surface area contributed by atoms with Crippen molar-refractivity contribution in [1.82, 2.24) is 10.3 Å². The molecule has 1 aromatic heterocycles. The number of benzene rings is 1. The van der Waals surface area contributed by atoms with Crippen LogP contribution in [0.15, 0.2) is 18.2 Å². The summed E-state index contributed by atoms with van der Waals surface area (Å²) in [5.74, 6) is 3.43. The Morgan fingerprint density at radius 2 is 2.09 bits per heavy atom. The number of nitrogens with zero attached hydrogens (tertiary/aromatic N) is 1. The monoisotopic (exact) mass is 316 g/mol. The van der Waals surface area contributed by atoms with Crippen molar-refractivity contribution < 1.29 is 14.3 Å². The zero-order valence-electron chi connectivity index (χ0n) is 12.6. The molecule has 2 aromatic rings. The van der Waals surface area contributed by atoms with Crippen LogP contribution >= 0.6 is 11.3 Å². The Morgan fingerprint density at radius 3 is 2.73 bits per heavy atom. The van der Waals surface area contributed by atoms with E-state index < -0.39 is 0 Å². The Morgan fingerprint density at radius 1 is 1.36 bits per heavy atom. The number of carbonyl (C=O) groups is 1. The van der Waals surface area contributed by atoms with E-state index >= 15 is 0 Å². The maximum Gasteiger partial charge on any atom is 0.264 e. The van der Waals surface area contributed by atoms with Crippen molar-refractivity contribution >= 4 is 17.2 Å². The fraction of sp³-hybridized carbons (Fsp3) is 0.250. The fourth-order valence-electron chi connectivity index (χ4n) is 1.91. The average molecular weight is 316 g/mol. The Bertz CT molecular complexity index is 731. The lowest BCUT2D eigenvalue weighted by Crippen LogP contribution is -2.23. The quantitative estimate of drug-likeness (QED) is 0.861. The van der Waals surface area contributed by atoms with Crippen molar-refractivity contribution in [1.29, 1.82) is 0 Å². The second-order valence-electron chi connectivity index (χ2n) is 4.39. The van der Waals surface area contributed by atoms with Gasteiger partial charge in [-0.3, -0.25) is 4.79 Å². The van der Waals surface area contributed by atoms with Gasteiger partial charge in [0.2, 0.25) is 0 Å². The van der Waals surface area contributed by atoms with Gasteiger partial charge in [-0.2, -0.15) is 0 Å². The summed E-state index contributed by atoms with van der Waals surface area (Å²) in [7, 11) is 3.16. The highest BCUT2D eigenvalue weighted by Crippen LogP contribution is 2.34. The molecule has 0 atom stereocenters. The van der Waals surface area contributed by atoms with Crippen molar-refractivity contribution in [2.24, 2.45) is 0 Å². The molecular weight excluding hydrogens is 300 g/mol. The van der Waals surface area contributed by atoms with Gasteiger partial charge in [-0.05, 0) is 25.1 Å². The highest BCUT2D eigenvalue weighted by Gasteiger charge is 2.16. The predicted molar refractivity (Wildman–Crippen MR) is 86.6 cm³/mol. The normalized spacial score (nSPS) is 9.91. The Labute approximate surface area is 133 Å². The summed E-state index contributed by atoms with van der Waals surface area (Å²) in [5, 5.41) is 3.39. The first-order valence-electron chi connectivity index (χ1n) is 6.52. The van der Waals surface area contributed by atoms with E-state index in [-0.39, 0.29) is 12.5 Å². The van der Waals surface area contributed by atoms with Crippen LogP contribution in [-0.4, -0.2) is 31.7 Å². The summed E-state index contributed by atoms with van der Waals surface area (Å²) in [6.45, 7) is 1.99. The number of carbonyl (C=O) groups excluding carboxylic acids is 1. The molecule has 2 rings (SSSR count). The number of aryl methyl sites for hydroxylation is 1. The van der Waals surface area contributed by atoms with E-state index in [1.165, 1.54) is 11.3 Å². The first-order valence-corrected chi connectivity index (χ1v) is 7.33. The summed E-state index contributed by atoms with van der Waals surface area (Å²) >= 11 is 1.32. The van der Waals surface area contributed by atoms with Crippen LogP contribution in [0.2, 0.25) is 0 Å². The van der Waals surface area contributed by atoms with E-state index in [1.807, 2.05) is 18.2 Å². The van der Waals surface area contributed by atoms with E-state index in [9.17, 15) is 4.79 Å². The smallest absolute Gasteiger partial charge is 0.264 e. The van der Waals surface area contributed by atoms with Gasteiger partial charge < -0.3 is 14.8 Å². The van der Waals surface area contributed by atoms with Crippen LogP contribution in [0.5, 0.6) is 11.5 Å². The van der Waals surface area contributed by atoms with Crippen molar-refractivity contribution in [3.63, 3.8) is 0 Å². The van der Waals surface area contributed by atoms with Gasteiger partial charge in [0.15, 0.2) is 11.5 Å². The van der Waals surface area contributed by atoms with Gasteiger partial charge in [0.05, 0.1) is 26.5 Å². The van der Waals surface area contributed by atoms with E-state index in [4.69, 9.17) is 15.9 Å². The predicted octanol–water partition coefficient (Wildman–Crippen LogP) is 2.50. The van der Waals surface area contributed by atoms with Crippen LogP contribution in [0.25, 0.3) is 10.6 Å². The van der Waals surface area contributed by atoms with E-state index in [2.05, 4.69) is 16.2 Å². The topological polar surface area (TPSA) is 60.5 Å². The third-order valence-corrected chi connectivity index (χ3v) is 4.19. The third kappa shape index (κ3) is 3.21. The molecule has 1 aromatic carbocycles. The molecule has 0 aliphatic rings. The van der Waals surface area contributed by atoms with Gasteiger partial charge in [-0.15, -0.1) is 17.8 Å². The molecule has 1 N–H and O–H groups in total. The number of amides is 1. The number of aromatic nitrogens is 1. The number of ether oxygens (including phenoxy) is 2. The lowest BCUT2D eigenvalue weighted by Gasteiger charge is -2.08. The highest BCUT2D eigenvalue weighted by molar-refractivity contribution is 7.17. The van der Waals surface area contributed by atoms with Crippen molar-refractivity contribution in [2.75, 3.05) is 20.8 Å². The number of terminal acetylenes is 1.